The molecule has 0 saturated carbocycles. The molecule has 1 rings (SSSR count). The highest BCUT2D eigenvalue weighted by Gasteiger charge is 2.05. The maximum absolute atomic E-state index is 11.2. The lowest BCUT2D eigenvalue weighted by Gasteiger charge is -2.07. The second-order valence-corrected chi connectivity index (χ2v) is 4.15. The van der Waals surface area contributed by atoms with Crippen LogP contribution < -0.4 is 5.32 Å². The van der Waals surface area contributed by atoms with Crippen molar-refractivity contribution in [2.24, 2.45) is 0 Å². The molecule has 3 heteroatoms. The van der Waals surface area contributed by atoms with Gasteiger partial charge in [0.2, 0.25) is 5.91 Å². The third-order valence-corrected chi connectivity index (χ3v) is 2.20. The molecule has 0 fully saturated rings. The molecule has 1 unspecified atom stereocenters. The van der Waals surface area contributed by atoms with E-state index in [-0.39, 0.29) is 11.2 Å². The van der Waals surface area contributed by atoms with Crippen molar-refractivity contribution in [3.8, 4) is 0 Å². The van der Waals surface area contributed by atoms with Crippen molar-refractivity contribution in [3.63, 3.8) is 0 Å². The van der Waals surface area contributed by atoms with E-state index in [0.717, 1.165) is 5.56 Å². The number of hydrogen-bond donors (Lipinski definition) is 2. The zero-order valence-corrected chi connectivity index (χ0v) is 9.34. The maximum Gasteiger partial charge on any atom is 0.232 e. The summed E-state index contributed by atoms with van der Waals surface area (Å²) in [6.45, 7) is 4.37. The second-order valence-electron chi connectivity index (χ2n) is 3.38. The van der Waals surface area contributed by atoms with E-state index in [9.17, 15) is 4.79 Å². The van der Waals surface area contributed by atoms with Gasteiger partial charge in [0.15, 0.2) is 0 Å². The van der Waals surface area contributed by atoms with Gasteiger partial charge in [-0.3, -0.25) is 4.79 Å². The van der Waals surface area contributed by atoms with Crippen molar-refractivity contribution in [2.75, 3.05) is 0 Å². The highest BCUT2D eigenvalue weighted by molar-refractivity contribution is 7.81. The smallest absolute Gasteiger partial charge is 0.232 e. The van der Waals surface area contributed by atoms with E-state index in [0.29, 0.717) is 6.54 Å². The summed E-state index contributed by atoms with van der Waals surface area (Å²) in [6.07, 6.45) is 0. The van der Waals surface area contributed by atoms with Crippen LogP contribution in [-0.2, 0) is 11.3 Å². The Morgan fingerprint density at radius 2 is 2.00 bits per heavy atom. The van der Waals surface area contributed by atoms with Crippen molar-refractivity contribution in [2.45, 2.75) is 25.6 Å². The molecule has 0 saturated heterocycles. The standard InChI is InChI=1S/C11H15NOS/c1-8-3-5-10(6-4-8)7-12-11(13)9(2)14/h3-6,9,14H,7H2,1-2H3,(H,12,13). The fourth-order valence-electron chi connectivity index (χ4n) is 1.04. The number of carbonyl (C=O) groups excluding carboxylic acids is 1. The minimum absolute atomic E-state index is 0.0334. The quantitative estimate of drug-likeness (QED) is 0.732. The molecule has 14 heavy (non-hydrogen) atoms. The first-order chi connectivity index (χ1) is 6.59. The summed E-state index contributed by atoms with van der Waals surface area (Å²) in [5, 5.41) is 2.55. The minimum Gasteiger partial charge on any atom is -0.351 e. The van der Waals surface area contributed by atoms with Gasteiger partial charge in [0.05, 0.1) is 5.25 Å². The Bertz CT molecular complexity index is 306. The van der Waals surface area contributed by atoms with Crippen LogP contribution in [0.3, 0.4) is 0 Å². The van der Waals surface area contributed by atoms with Crippen molar-refractivity contribution in [3.05, 3.63) is 35.4 Å². The van der Waals surface area contributed by atoms with E-state index in [1.807, 2.05) is 31.2 Å². The van der Waals surface area contributed by atoms with Crippen LogP contribution >= 0.6 is 12.6 Å². The lowest BCUT2D eigenvalue weighted by Crippen LogP contribution is -2.29. The fraction of sp³-hybridized carbons (Fsp3) is 0.364. The first-order valence-electron chi connectivity index (χ1n) is 4.61. The average molecular weight is 209 g/mol. The van der Waals surface area contributed by atoms with Crippen LogP contribution in [0.15, 0.2) is 24.3 Å². The number of carbonyl (C=O) groups is 1. The van der Waals surface area contributed by atoms with Crippen molar-refractivity contribution in [1.29, 1.82) is 0 Å². The van der Waals surface area contributed by atoms with E-state index < -0.39 is 0 Å². The van der Waals surface area contributed by atoms with Crippen molar-refractivity contribution >= 4 is 18.5 Å². The molecule has 0 heterocycles. The molecule has 1 aromatic rings. The van der Waals surface area contributed by atoms with Gasteiger partial charge in [-0.1, -0.05) is 29.8 Å². The second kappa shape index (κ2) is 5.05. The third kappa shape index (κ3) is 3.42. The SMILES string of the molecule is Cc1ccc(CNC(=O)C(C)S)cc1. The summed E-state index contributed by atoms with van der Waals surface area (Å²) >= 11 is 4.04. The van der Waals surface area contributed by atoms with Crippen molar-refractivity contribution < 1.29 is 4.79 Å². The van der Waals surface area contributed by atoms with Crippen LogP contribution in [0.2, 0.25) is 0 Å². The van der Waals surface area contributed by atoms with Gasteiger partial charge >= 0.3 is 0 Å². The molecule has 0 bridgehead atoms. The number of aryl methyl sites for hydroxylation is 1. The van der Waals surface area contributed by atoms with E-state index in [1.54, 1.807) is 6.92 Å². The molecule has 0 aliphatic heterocycles. The molecule has 76 valence electrons. The van der Waals surface area contributed by atoms with Gasteiger partial charge in [-0.2, -0.15) is 12.6 Å². The number of rotatable bonds is 3. The van der Waals surface area contributed by atoms with Gasteiger partial charge < -0.3 is 5.32 Å². The summed E-state index contributed by atoms with van der Waals surface area (Å²) in [6, 6.07) is 8.09. The molecule has 0 spiro atoms. The largest absolute Gasteiger partial charge is 0.351 e. The highest BCUT2D eigenvalue weighted by Crippen LogP contribution is 2.02. The lowest BCUT2D eigenvalue weighted by molar-refractivity contribution is -0.120. The number of thiol groups is 1. The first-order valence-corrected chi connectivity index (χ1v) is 5.12. The van der Waals surface area contributed by atoms with Crippen LogP contribution in [0.5, 0.6) is 0 Å². The lowest BCUT2D eigenvalue weighted by atomic mass is 10.1. The van der Waals surface area contributed by atoms with E-state index >= 15 is 0 Å². The Labute approximate surface area is 90.1 Å². The monoisotopic (exact) mass is 209 g/mol. The van der Waals surface area contributed by atoms with E-state index in [4.69, 9.17) is 0 Å². The number of amides is 1. The van der Waals surface area contributed by atoms with Crippen LogP contribution in [0.1, 0.15) is 18.1 Å². The summed E-state index contributed by atoms with van der Waals surface area (Å²) in [5.41, 5.74) is 2.33. The molecule has 0 aliphatic carbocycles. The van der Waals surface area contributed by atoms with E-state index in [1.165, 1.54) is 5.56 Å². The summed E-state index contributed by atoms with van der Waals surface area (Å²) in [4.78, 5) is 11.2. The molecule has 1 amide bonds. The molecule has 1 N–H and O–H groups in total. The molecule has 0 aliphatic rings. The molecule has 2 nitrogen and oxygen atoms in total. The average Bonchev–Trinajstić information content (AvgIpc) is 2.16. The third-order valence-electron chi connectivity index (χ3n) is 1.97. The van der Waals surface area contributed by atoms with Gasteiger partial charge in [-0.05, 0) is 19.4 Å². The Morgan fingerprint density at radius 1 is 1.43 bits per heavy atom. The predicted octanol–water partition coefficient (Wildman–Crippen LogP) is 1.93. The Kier molecular flexibility index (Phi) is 4.01. The van der Waals surface area contributed by atoms with Gasteiger partial charge in [-0.15, -0.1) is 0 Å². The topological polar surface area (TPSA) is 29.1 Å². The maximum atomic E-state index is 11.2. The fourth-order valence-corrected chi connectivity index (χ4v) is 1.13. The van der Waals surface area contributed by atoms with Crippen LogP contribution in [-0.4, -0.2) is 11.2 Å². The Balaban J connectivity index is 2.46. The molecular formula is C11H15NOS. The molecule has 1 aromatic carbocycles. The Hall–Kier alpha value is -0.960. The summed E-state index contributed by atoms with van der Waals surface area (Å²) < 4.78 is 0. The molecule has 0 radical (unpaired) electrons. The van der Waals surface area contributed by atoms with Gasteiger partial charge in [-0.25, -0.2) is 0 Å². The molecule has 1 atom stereocenters. The van der Waals surface area contributed by atoms with Gasteiger partial charge in [0.25, 0.3) is 0 Å². The van der Waals surface area contributed by atoms with Crippen LogP contribution in [0, 0.1) is 6.92 Å². The molecule has 0 aromatic heterocycles. The first kappa shape index (κ1) is 11.1. The Morgan fingerprint density at radius 3 is 2.50 bits per heavy atom. The zero-order chi connectivity index (χ0) is 10.6. The van der Waals surface area contributed by atoms with Gasteiger partial charge in [0.1, 0.15) is 0 Å². The van der Waals surface area contributed by atoms with Gasteiger partial charge in [0, 0.05) is 6.54 Å². The summed E-state index contributed by atoms with van der Waals surface area (Å²) in [7, 11) is 0. The van der Waals surface area contributed by atoms with Crippen LogP contribution in [0.4, 0.5) is 0 Å². The normalized spacial score (nSPS) is 12.2. The minimum atomic E-state index is -0.250. The summed E-state index contributed by atoms with van der Waals surface area (Å²) in [5.74, 6) is -0.0334. The number of nitrogens with one attached hydrogen (secondary N) is 1. The van der Waals surface area contributed by atoms with E-state index in [2.05, 4.69) is 17.9 Å². The molecular weight excluding hydrogens is 194 g/mol. The number of hydrogen-bond acceptors (Lipinski definition) is 2. The number of benzene rings is 1. The predicted molar refractivity (Wildman–Crippen MR) is 61.5 cm³/mol. The van der Waals surface area contributed by atoms with Crippen LogP contribution in [0.25, 0.3) is 0 Å². The zero-order valence-electron chi connectivity index (χ0n) is 8.45. The highest BCUT2D eigenvalue weighted by atomic mass is 32.1. The van der Waals surface area contributed by atoms with Crippen molar-refractivity contribution in [1.82, 2.24) is 5.32 Å².